The van der Waals surface area contributed by atoms with Crippen LogP contribution in [-0.2, 0) is 11.3 Å². The lowest BCUT2D eigenvalue weighted by molar-refractivity contribution is -0.116. The number of carbonyl (C=O) groups is 1. The van der Waals surface area contributed by atoms with Gasteiger partial charge in [0.2, 0.25) is 5.91 Å². The Labute approximate surface area is 141 Å². The Balaban J connectivity index is 1.88. The van der Waals surface area contributed by atoms with Gasteiger partial charge in [-0.3, -0.25) is 9.59 Å². The molecule has 0 bridgehead atoms. The number of fused-ring (bicyclic) bond motifs is 1. The number of hydrogen-bond acceptors (Lipinski definition) is 4. The predicted molar refractivity (Wildman–Crippen MR) is 93.4 cm³/mol. The number of amides is 1. The molecule has 0 aliphatic heterocycles. The van der Waals surface area contributed by atoms with E-state index in [0.717, 1.165) is 10.6 Å². The van der Waals surface area contributed by atoms with Gasteiger partial charge < -0.3 is 9.88 Å². The van der Waals surface area contributed by atoms with Gasteiger partial charge in [0.25, 0.3) is 0 Å². The lowest BCUT2D eigenvalue weighted by atomic mass is 10.2. The predicted octanol–water partition coefficient (Wildman–Crippen LogP) is 3.37. The van der Waals surface area contributed by atoms with Gasteiger partial charge in [-0.2, -0.15) is 0 Å². The van der Waals surface area contributed by atoms with Crippen molar-refractivity contribution < 1.29 is 4.79 Å². The summed E-state index contributed by atoms with van der Waals surface area (Å²) in [6, 6.07) is 6.49. The zero-order chi connectivity index (χ0) is 16.6. The molecule has 1 N–H and O–H groups in total. The highest BCUT2D eigenvalue weighted by Gasteiger charge is 2.10. The second kappa shape index (κ2) is 6.14. The van der Waals surface area contributed by atoms with E-state index in [4.69, 9.17) is 11.6 Å². The first-order chi connectivity index (χ1) is 10.9. The van der Waals surface area contributed by atoms with Crippen molar-refractivity contribution in [3.8, 4) is 0 Å². The molecule has 3 rings (SSSR count). The summed E-state index contributed by atoms with van der Waals surface area (Å²) < 4.78 is 1.72. The molecule has 0 aliphatic carbocycles. The maximum absolute atomic E-state index is 12.2. The van der Waals surface area contributed by atoms with Crippen molar-refractivity contribution >= 4 is 44.9 Å². The van der Waals surface area contributed by atoms with Gasteiger partial charge in [-0.05, 0) is 32.0 Å². The maximum atomic E-state index is 12.2. The Morgan fingerprint density at radius 3 is 2.83 bits per heavy atom. The van der Waals surface area contributed by atoms with Crippen LogP contribution in [0.3, 0.4) is 0 Å². The van der Waals surface area contributed by atoms with Crippen LogP contribution in [0.2, 0.25) is 5.02 Å². The molecule has 118 valence electrons. The van der Waals surface area contributed by atoms with Crippen molar-refractivity contribution in [1.29, 1.82) is 0 Å². The van der Waals surface area contributed by atoms with E-state index in [1.165, 1.54) is 17.4 Å². The lowest BCUT2D eigenvalue weighted by Gasteiger charge is -2.10. The minimum Gasteiger partial charge on any atom is -0.338 e. The van der Waals surface area contributed by atoms with Crippen LogP contribution >= 0.6 is 22.9 Å². The van der Waals surface area contributed by atoms with Crippen molar-refractivity contribution in [1.82, 2.24) is 9.55 Å². The van der Waals surface area contributed by atoms with E-state index in [1.54, 1.807) is 29.0 Å². The van der Waals surface area contributed by atoms with Crippen LogP contribution in [-0.4, -0.2) is 15.5 Å². The zero-order valence-electron chi connectivity index (χ0n) is 12.6. The molecule has 5 nitrogen and oxygen atoms in total. The minimum absolute atomic E-state index is 0.0933. The first kappa shape index (κ1) is 15.7. The number of pyridine rings is 1. The summed E-state index contributed by atoms with van der Waals surface area (Å²) >= 11 is 7.38. The third-order valence-corrected chi connectivity index (χ3v) is 4.75. The van der Waals surface area contributed by atoms with E-state index in [0.29, 0.717) is 21.1 Å². The molecule has 0 spiro atoms. The monoisotopic (exact) mass is 347 g/mol. The Bertz CT molecular complexity index is 942. The summed E-state index contributed by atoms with van der Waals surface area (Å²) in [5.41, 5.74) is 1.46. The van der Waals surface area contributed by atoms with Crippen molar-refractivity contribution in [2.24, 2.45) is 0 Å². The summed E-state index contributed by atoms with van der Waals surface area (Å²) in [6.45, 7) is 3.96. The molecule has 2 heterocycles. The number of anilines is 1. The van der Waals surface area contributed by atoms with Gasteiger partial charge in [-0.1, -0.05) is 11.6 Å². The number of nitrogens with one attached hydrogen (secondary N) is 1. The number of benzene rings is 1. The van der Waals surface area contributed by atoms with E-state index in [9.17, 15) is 9.59 Å². The molecule has 2 aromatic heterocycles. The van der Waals surface area contributed by atoms with E-state index < -0.39 is 0 Å². The SMILES string of the molecule is Cc1nc(NC(=O)Cn2ccc(=O)c3cc(Cl)ccc32)sc1C. The molecule has 0 atom stereocenters. The smallest absolute Gasteiger partial charge is 0.246 e. The molecule has 0 radical (unpaired) electrons. The van der Waals surface area contributed by atoms with Gasteiger partial charge >= 0.3 is 0 Å². The van der Waals surface area contributed by atoms with Crippen LogP contribution in [0, 0.1) is 13.8 Å². The summed E-state index contributed by atoms with van der Waals surface area (Å²) in [5.74, 6) is -0.196. The molecule has 3 aromatic rings. The maximum Gasteiger partial charge on any atom is 0.246 e. The summed E-state index contributed by atoms with van der Waals surface area (Å²) in [6.07, 6.45) is 1.61. The number of halogens is 1. The summed E-state index contributed by atoms with van der Waals surface area (Å²) in [5, 5.41) is 4.35. The molecule has 1 amide bonds. The minimum atomic E-state index is -0.196. The number of aryl methyl sites for hydroxylation is 2. The molecular formula is C16H14ClN3O2S. The molecule has 7 heteroatoms. The number of hydrogen-bond donors (Lipinski definition) is 1. The second-order valence-electron chi connectivity index (χ2n) is 5.18. The van der Waals surface area contributed by atoms with E-state index in [-0.39, 0.29) is 17.9 Å². The van der Waals surface area contributed by atoms with Crippen LogP contribution in [0.25, 0.3) is 10.9 Å². The highest BCUT2D eigenvalue weighted by Crippen LogP contribution is 2.21. The quantitative estimate of drug-likeness (QED) is 0.790. The lowest BCUT2D eigenvalue weighted by Crippen LogP contribution is -2.20. The van der Waals surface area contributed by atoms with Crippen LogP contribution in [0.1, 0.15) is 10.6 Å². The molecule has 0 fully saturated rings. The molecule has 1 aromatic carbocycles. The molecule has 0 aliphatic rings. The molecule has 0 unspecified atom stereocenters. The summed E-state index contributed by atoms with van der Waals surface area (Å²) in [7, 11) is 0. The Morgan fingerprint density at radius 1 is 1.35 bits per heavy atom. The molecule has 0 saturated heterocycles. The number of carbonyl (C=O) groups excluding carboxylic acids is 1. The number of aromatic nitrogens is 2. The average Bonchev–Trinajstić information content (AvgIpc) is 2.80. The highest BCUT2D eigenvalue weighted by atomic mass is 35.5. The van der Waals surface area contributed by atoms with Crippen LogP contribution in [0.4, 0.5) is 5.13 Å². The Morgan fingerprint density at radius 2 is 2.13 bits per heavy atom. The van der Waals surface area contributed by atoms with Gasteiger partial charge in [0, 0.05) is 27.5 Å². The van der Waals surface area contributed by atoms with Gasteiger partial charge in [-0.15, -0.1) is 11.3 Å². The Hall–Kier alpha value is -2.18. The number of rotatable bonds is 3. The van der Waals surface area contributed by atoms with Crippen molar-refractivity contribution in [2.45, 2.75) is 20.4 Å². The summed E-state index contributed by atoms with van der Waals surface area (Å²) in [4.78, 5) is 29.5. The first-order valence-corrected chi connectivity index (χ1v) is 8.16. The van der Waals surface area contributed by atoms with Gasteiger partial charge in [0.1, 0.15) is 6.54 Å². The average molecular weight is 348 g/mol. The van der Waals surface area contributed by atoms with Gasteiger partial charge in [-0.25, -0.2) is 4.98 Å². The fourth-order valence-corrected chi connectivity index (χ4v) is 3.26. The van der Waals surface area contributed by atoms with E-state index in [1.807, 2.05) is 13.8 Å². The van der Waals surface area contributed by atoms with Crippen molar-refractivity contribution in [3.63, 3.8) is 0 Å². The molecule has 23 heavy (non-hydrogen) atoms. The van der Waals surface area contributed by atoms with Crippen LogP contribution in [0.15, 0.2) is 35.3 Å². The zero-order valence-corrected chi connectivity index (χ0v) is 14.2. The normalized spacial score (nSPS) is 10.9. The highest BCUT2D eigenvalue weighted by molar-refractivity contribution is 7.15. The number of nitrogens with zero attached hydrogens (tertiary/aromatic N) is 2. The van der Waals surface area contributed by atoms with Gasteiger partial charge in [0.15, 0.2) is 10.6 Å². The van der Waals surface area contributed by atoms with Crippen LogP contribution < -0.4 is 10.7 Å². The first-order valence-electron chi connectivity index (χ1n) is 6.96. The topological polar surface area (TPSA) is 64.0 Å². The third kappa shape index (κ3) is 3.28. The second-order valence-corrected chi connectivity index (χ2v) is 6.82. The fraction of sp³-hybridized carbons (Fsp3) is 0.188. The molecule has 0 saturated carbocycles. The van der Waals surface area contributed by atoms with Gasteiger partial charge in [0.05, 0.1) is 11.2 Å². The van der Waals surface area contributed by atoms with Crippen LogP contribution in [0.5, 0.6) is 0 Å². The van der Waals surface area contributed by atoms with E-state index >= 15 is 0 Å². The standard InChI is InChI=1S/C16H14ClN3O2S/c1-9-10(2)23-16(18-9)19-15(22)8-20-6-5-14(21)12-7-11(17)3-4-13(12)20/h3-7H,8H2,1-2H3,(H,18,19,22). The van der Waals surface area contributed by atoms with Crippen molar-refractivity contribution in [3.05, 3.63) is 56.3 Å². The largest absolute Gasteiger partial charge is 0.338 e. The van der Waals surface area contributed by atoms with E-state index in [2.05, 4.69) is 10.3 Å². The van der Waals surface area contributed by atoms with Crippen molar-refractivity contribution in [2.75, 3.05) is 5.32 Å². The fourth-order valence-electron chi connectivity index (χ4n) is 2.26. The third-order valence-electron chi connectivity index (χ3n) is 3.53. The Kier molecular flexibility index (Phi) is 4.19. The number of thiazole rings is 1. The molecular weight excluding hydrogens is 334 g/mol.